The summed E-state index contributed by atoms with van der Waals surface area (Å²) in [5, 5.41) is 2.61. The first-order chi connectivity index (χ1) is 6.49. The standard InChI is InChI=1S/C10H14N2O2/c1-4-5-6-7-12-8(13)10(2,3)11-9(12)14/h1H,5-7H2,2-3H3,(H,11,14). The number of carbonyl (C=O) groups excluding carboxylic acids is 2. The molecule has 1 aliphatic heterocycles. The maximum Gasteiger partial charge on any atom is 0.325 e. The minimum absolute atomic E-state index is 0.181. The Morgan fingerprint density at radius 3 is 2.57 bits per heavy atom. The second-order valence-corrected chi connectivity index (χ2v) is 3.82. The highest BCUT2D eigenvalue weighted by Gasteiger charge is 2.43. The number of unbranched alkanes of at least 4 members (excludes halogenated alkanes) is 1. The molecule has 1 N–H and O–H groups in total. The average molecular weight is 194 g/mol. The van der Waals surface area contributed by atoms with E-state index in [2.05, 4.69) is 11.2 Å². The van der Waals surface area contributed by atoms with Gasteiger partial charge in [-0.05, 0) is 20.3 Å². The largest absolute Gasteiger partial charge is 0.325 e. The summed E-state index contributed by atoms with van der Waals surface area (Å²) in [6.07, 6.45) is 6.32. The van der Waals surface area contributed by atoms with E-state index in [-0.39, 0.29) is 11.9 Å². The fourth-order valence-electron chi connectivity index (χ4n) is 1.36. The normalized spacial score (nSPS) is 19.4. The van der Waals surface area contributed by atoms with E-state index in [0.29, 0.717) is 19.4 Å². The van der Waals surface area contributed by atoms with Gasteiger partial charge in [0, 0.05) is 13.0 Å². The van der Waals surface area contributed by atoms with Crippen LogP contribution in [0, 0.1) is 12.3 Å². The van der Waals surface area contributed by atoms with Gasteiger partial charge in [-0.1, -0.05) is 0 Å². The zero-order valence-electron chi connectivity index (χ0n) is 8.46. The van der Waals surface area contributed by atoms with Gasteiger partial charge in [0.05, 0.1) is 0 Å². The van der Waals surface area contributed by atoms with Crippen LogP contribution in [0.5, 0.6) is 0 Å². The lowest BCUT2D eigenvalue weighted by molar-refractivity contribution is -0.130. The first-order valence-corrected chi connectivity index (χ1v) is 4.56. The highest BCUT2D eigenvalue weighted by Crippen LogP contribution is 2.16. The second-order valence-electron chi connectivity index (χ2n) is 3.82. The lowest BCUT2D eigenvalue weighted by Crippen LogP contribution is -2.40. The fraction of sp³-hybridized carbons (Fsp3) is 0.600. The van der Waals surface area contributed by atoms with Crippen molar-refractivity contribution < 1.29 is 9.59 Å². The number of rotatable bonds is 3. The third-order valence-electron chi connectivity index (χ3n) is 2.15. The molecule has 0 unspecified atom stereocenters. The van der Waals surface area contributed by atoms with Crippen molar-refractivity contribution in [2.45, 2.75) is 32.2 Å². The van der Waals surface area contributed by atoms with Gasteiger partial charge in [0.15, 0.2) is 0 Å². The van der Waals surface area contributed by atoms with Crippen LogP contribution in [0.4, 0.5) is 4.79 Å². The van der Waals surface area contributed by atoms with Crippen LogP contribution in [0.1, 0.15) is 26.7 Å². The van der Waals surface area contributed by atoms with Crippen molar-refractivity contribution in [2.24, 2.45) is 0 Å². The number of terminal acetylenes is 1. The zero-order chi connectivity index (χ0) is 10.8. The molecule has 4 nitrogen and oxygen atoms in total. The molecular weight excluding hydrogens is 180 g/mol. The Labute approximate surface area is 83.6 Å². The van der Waals surface area contributed by atoms with E-state index in [1.54, 1.807) is 13.8 Å². The van der Waals surface area contributed by atoms with Gasteiger partial charge in [-0.3, -0.25) is 9.69 Å². The molecular formula is C10H14N2O2. The van der Waals surface area contributed by atoms with Crippen molar-refractivity contribution >= 4 is 11.9 Å². The van der Waals surface area contributed by atoms with Crippen LogP contribution in [0.2, 0.25) is 0 Å². The maximum atomic E-state index is 11.6. The maximum absolute atomic E-state index is 11.6. The van der Waals surface area contributed by atoms with E-state index in [0.717, 1.165) is 0 Å². The molecule has 1 saturated heterocycles. The number of urea groups is 1. The van der Waals surface area contributed by atoms with Crippen molar-refractivity contribution in [1.82, 2.24) is 10.2 Å². The van der Waals surface area contributed by atoms with Crippen LogP contribution in [0.25, 0.3) is 0 Å². The summed E-state index contributed by atoms with van der Waals surface area (Å²) in [4.78, 5) is 24.2. The van der Waals surface area contributed by atoms with Crippen molar-refractivity contribution in [1.29, 1.82) is 0 Å². The van der Waals surface area contributed by atoms with E-state index in [1.165, 1.54) is 4.90 Å². The Hall–Kier alpha value is -1.50. The third kappa shape index (κ3) is 1.87. The lowest BCUT2D eigenvalue weighted by Gasteiger charge is -2.15. The third-order valence-corrected chi connectivity index (χ3v) is 2.15. The summed E-state index contributed by atoms with van der Waals surface area (Å²) in [5.41, 5.74) is -0.771. The minimum atomic E-state index is -0.771. The summed E-state index contributed by atoms with van der Waals surface area (Å²) >= 11 is 0. The molecule has 0 spiro atoms. The van der Waals surface area contributed by atoms with Crippen molar-refractivity contribution in [3.8, 4) is 12.3 Å². The van der Waals surface area contributed by atoms with Crippen LogP contribution < -0.4 is 5.32 Å². The average Bonchev–Trinajstić information content (AvgIpc) is 2.27. The van der Waals surface area contributed by atoms with Gasteiger partial charge in [0.1, 0.15) is 5.54 Å². The highest BCUT2D eigenvalue weighted by molar-refractivity contribution is 6.06. The quantitative estimate of drug-likeness (QED) is 0.409. The fourth-order valence-corrected chi connectivity index (χ4v) is 1.36. The van der Waals surface area contributed by atoms with Crippen LogP contribution in [-0.2, 0) is 4.79 Å². The molecule has 1 aliphatic rings. The van der Waals surface area contributed by atoms with Crippen LogP contribution >= 0.6 is 0 Å². The Bertz CT molecular complexity index is 302. The molecule has 1 rings (SSSR count). The molecule has 1 heterocycles. The number of hydrogen-bond acceptors (Lipinski definition) is 2. The van der Waals surface area contributed by atoms with Gasteiger partial charge in [0.2, 0.25) is 0 Å². The zero-order valence-corrected chi connectivity index (χ0v) is 8.46. The van der Waals surface area contributed by atoms with Gasteiger partial charge in [-0.2, -0.15) is 0 Å². The minimum Gasteiger partial charge on any atom is -0.324 e. The molecule has 3 amide bonds. The molecule has 76 valence electrons. The molecule has 0 aromatic heterocycles. The summed E-state index contributed by atoms with van der Waals surface area (Å²) in [6, 6.07) is -0.322. The van der Waals surface area contributed by atoms with Crippen LogP contribution in [0.15, 0.2) is 0 Å². The number of nitrogens with zero attached hydrogens (tertiary/aromatic N) is 1. The number of nitrogens with one attached hydrogen (secondary N) is 1. The van der Waals surface area contributed by atoms with E-state index in [1.807, 2.05) is 0 Å². The predicted molar refractivity (Wildman–Crippen MR) is 52.4 cm³/mol. The molecule has 0 aliphatic carbocycles. The molecule has 14 heavy (non-hydrogen) atoms. The molecule has 4 heteroatoms. The Kier molecular flexibility index (Phi) is 2.80. The number of imide groups is 1. The SMILES string of the molecule is C#CCCCN1C(=O)NC(C)(C)C1=O. The smallest absolute Gasteiger partial charge is 0.324 e. The molecule has 1 fully saturated rings. The molecule has 0 saturated carbocycles. The summed E-state index contributed by atoms with van der Waals surface area (Å²) in [6.45, 7) is 3.78. The topological polar surface area (TPSA) is 49.4 Å². The second kappa shape index (κ2) is 3.70. The summed E-state index contributed by atoms with van der Waals surface area (Å²) in [5.74, 6) is 2.29. The number of hydrogen-bond donors (Lipinski definition) is 1. The Morgan fingerprint density at radius 1 is 1.50 bits per heavy atom. The molecule has 0 aromatic carbocycles. The number of carbonyl (C=O) groups is 2. The van der Waals surface area contributed by atoms with Crippen molar-refractivity contribution in [2.75, 3.05) is 6.54 Å². The van der Waals surface area contributed by atoms with Gasteiger partial charge < -0.3 is 5.32 Å². The monoisotopic (exact) mass is 194 g/mol. The van der Waals surface area contributed by atoms with Crippen molar-refractivity contribution in [3.05, 3.63) is 0 Å². The van der Waals surface area contributed by atoms with Gasteiger partial charge >= 0.3 is 6.03 Å². The van der Waals surface area contributed by atoms with E-state index >= 15 is 0 Å². The van der Waals surface area contributed by atoms with Gasteiger partial charge in [0.25, 0.3) is 5.91 Å². The molecule has 0 atom stereocenters. The Morgan fingerprint density at radius 2 is 2.14 bits per heavy atom. The summed E-state index contributed by atoms with van der Waals surface area (Å²) in [7, 11) is 0. The van der Waals surface area contributed by atoms with E-state index < -0.39 is 5.54 Å². The van der Waals surface area contributed by atoms with Gasteiger partial charge in [-0.15, -0.1) is 12.3 Å². The summed E-state index contributed by atoms with van der Waals surface area (Å²) < 4.78 is 0. The van der Waals surface area contributed by atoms with Crippen LogP contribution in [-0.4, -0.2) is 28.9 Å². The first-order valence-electron chi connectivity index (χ1n) is 4.56. The molecule has 0 bridgehead atoms. The highest BCUT2D eigenvalue weighted by atomic mass is 16.2. The molecule has 0 radical (unpaired) electrons. The van der Waals surface area contributed by atoms with Crippen molar-refractivity contribution in [3.63, 3.8) is 0 Å². The Balaban J connectivity index is 2.59. The predicted octanol–water partition coefficient (Wildman–Crippen LogP) is 0.730. The first kappa shape index (κ1) is 10.6. The molecule has 0 aromatic rings. The lowest BCUT2D eigenvalue weighted by atomic mass is 10.1. The van der Waals surface area contributed by atoms with Gasteiger partial charge in [-0.25, -0.2) is 4.79 Å². The van der Waals surface area contributed by atoms with E-state index in [4.69, 9.17) is 6.42 Å². The van der Waals surface area contributed by atoms with E-state index in [9.17, 15) is 9.59 Å². The van der Waals surface area contributed by atoms with Crippen LogP contribution in [0.3, 0.4) is 0 Å². The number of amides is 3.